The van der Waals surface area contributed by atoms with Gasteiger partial charge in [-0.25, -0.2) is 0 Å². The van der Waals surface area contributed by atoms with Crippen LogP contribution in [0.5, 0.6) is 0 Å². The van der Waals surface area contributed by atoms with Crippen molar-refractivity contribution in [1.29, 1.82) is 0 Å². The van der Waals surface area contributed by atoms with Gasteiger partial charge in [0.25, 0.3) is 0 Å². The normalized spacial score (nSPS) is 14.0. The molecule has 0 aliphatic heterocycles. The summed E-state index contributed by atoms with van der Waals surface area (Å²) in [6, 6.07) is 0. The van der Waals surface area contributed by atoms with Gasteiger partial charge in [0.1, 0.15) is 8.24 Å². The minimum atomic E-state index is -1.20. The largest absolute Gasteiger partial charge is 0.324 e. The van der Waals surface area contributed by atoms with E-state index in [0.29, 0.717) is 5.04 Å². The van der Waals surface area contributed by atoms with Crippen molar-refractivity contribution in [2.45, 2.75) is 52.8 Å². The SMILES string of the molecule is CCN(CC)[Si](C)(C)C(C)(C)C. The van der Waals surface area contributed by atoms with Gasteiger partial charge in [-0.1, -0.05) is 47.7 Å². The molecule has 0 N–H and O–H groups in total. The minimum Gasteiger partial charge on any atom is -0.324 e. The standard InChI is InChI=1S/C10H25NSi/c1-8-11(9-2)12(6,7)10(3,4)5/h8-9H2,1-7H3. The summed E-state index contributed by atoms with van der Waals surface area (Å²) in [5.74, 6) is 0. The second kappa shape index (κ2) is 3.92. The lowest BCUT2D eigenvalue weighted by atomic mass is 10.2. The van der Waals surface area contributed by atoms with Gasteiger partial charge in [0.2, 0.25) is 0 Å². The average molecular weight is 187 g/mol. The van der Waals surface area contributed by atoms with Crippen LogP contribution in [-0.2, 0) is 0 Å². The van der Waals surface area contributed by atoms with E-state index < -0.39 is 8.24 Å². The van der Waals surface area contributed by atoms with Crippen LogP contribution < -0.4 is 0 Å². The maximum atomic E-state index is 2.66. The van der Waals surface area contributed by atoms with Crippen molar-refractivity contribution in [3.8, 4) is 0 Å². The summed E-state index contributed by atoms with van der Waals surface area (Å²) in [5, 5.41) is 0.485. The van der Waals surface area contributed by atoms with E-state index in [2.05, 4.69) is 52.3 Å². The zero-order valence-electron chi connectivity index (χ0n) is 9.86. The Kier molecular flexibility index (Phi) is 3.98. The summed E-state index contributed by atoms with van der Waals surface area (Å²) in [5.41, 5.74) is 0. The third-order valence-corrected chi connectivity index (χ3v) is 9.27. The summed E-state index contributed by atoms with van der Waals surface area (Å²) >= 11 is 0. The summed E-state index contributed by atoms with van der Waals surface area (Å²) < 4.78 is 2.66. The fraction of sp³-hybridized carbons (Fsp3) is 1.00. The summed E-state index contributed by atoms with van der Waals surface area (Å²) in [4.78, 5) is 0. The Morgan fingerprint density at radius 2 is 1.33 bits per heavy atom. The molecule has 0 amide bonds. The first-order valence-electron chi connectivity index (χ1n) is 5.02. The first-order valence-corrected chi connectivity index (χ1v) is 7.97. The first kappa shape index (κ1) is 12.2. The molecule has 0 aromatic carbocycles. The number of hydrogen-bond acceptors (Lipinski definition) is 1. The van der Waals surface area contributed by atoms with Gasteiger partial charge in [-0.2, -0.15) is 0 Å². The van der Waals surface area contributed by atoms with Crippen LogP contribution in [0, 0.1) is 0 Å². The molecule has 2 heteroatoms. The quantitative estimate of drug-likeness (QED) is 0.613. The zero-order valence-corrected chi connectivity index (χ0v) is 10.9. The molecule has 0 spiro atoms. The second-order valence-corrected chi connectivity index (χ2v) is 10.2. The molecule has 0 fully saturated rings. The average Bonchev–Trinajstić information content (AvgIpc) is 1.87. The van der Waals surface area contributed by atoms with E-state index in [9.17, 15) is 0 Å². The molecule has 0 aliphatic rings. The third-order valence-electron chi connectivity index (χ3n) is 3.39. The van der Waals surface area contributed by atoms with Crippen molar-refractivity contribution < 1.29 is 0 Å². The fourth-order valence-corrected chi connectivity index (χ4v) is 4.02. The molecular formula is C10H25NSi. The number of nitrogens with zero attached hydrogens (tertiary/aromatic N) is 1. The molecule has 0 aromatic heterocycles. The van der Waals surface area contributed by atoms with Crippen LogP contribution in [0.3, 0.4) is 0 Å². The molecule has 0 aromatic rings. The Hall–Kier alpha value is 0.177. The third kappa shape index (κ3) is 2.33. The summed E-state index contributed by atoms with van der Waals surface area (Å²) in [6.07, 6.45) is 0. The molecule has 0 aliphatic carbocycles. The van der Waals surface area contributed by atoms with E-state index in [4.69, 9.17) is 0 Å². The lowest BCUT2D eigenvalue weighted by molar-refractivity contribution is 0.436. The van der Waals surface area contributed by atoms with Gasteiger partial charge in [-0.3, -0.25) is 0 Å². The molecule has 0 rings (SSSR count). The van der Waals surface area contributed by atoms with Crippen molar-refractivity contribution in [1.82, 2.24) is 4.57 Å². The van der Waals surface area contributed by atoms with Gasteiger partial charge < -0.3 is 4.57 Å². The van der Waals surface area contributed by atoms with Crippen LogP contribution in [-0.4, -0.2) is 25.9 Å². The van der Waals surface area contributed by atoms with E-state index in [1.165, 1.54) is 13.1 Å². The topological polar surface area (TPSA) is 3.24 Å². The van der Waals surface area contributed by atoms with Gasteiger partial charge in [-0.15, -0.1) is 0 Å². The molecule has 0 bridgehead atoms. The van der Waals surface area contributed by atoms with Gasteiger partial charge in [0.05, 0.1) is 0 Å². The van der Waals surface area contributed by atoms with E-state index in [0.717, 1.165) is 0 Å². The molecule has 0 saturated heterocycles. The van der Waals surface area contributed by atoms with Gasteiger partial charge >= 0.3 is 0 Å². The number of hydrogen-bond donors (Lipinski definition) is 0. The Balaban J connectivity index is 4.57. The predicted octanol–water partition coefficient (Wildman–Crippen LogP) is 3.33. The molecule has 0 heterocycles. The molecule has 0 unspecified atom stereocenters. The highest BCUT2D eigenvalue weighted by Gasteiger charge is 2.39. The highest BCUT2D eigenvalue weighted by molar-refractivity contribution is 6.77. The fourth-order valence-electron chi connectivity index (χ4n) is 1.49. The lowest BCUT2D eigenvalue weighted by Gasteiger charge is -2.45. The molecule has 0 radical (unpaired) electrons. The maximum Gasteiger partial charge on any atom is 0.127 e. The highest BCUT2D eigenvalue weighted by atomic mass is 28.3. The molecule has 1 nitrogen and oxygen atoms in total. The van der Waals surface area contributed by atoms with Crippen molar-refractivity contribution >= 4 is 8.24 Å². The maximum absolute atomic E-state index is 2.66. The molecular weight excluding hydrogens is 162 g/mol. The van der Waals surface area contributed by atoms with Crippen LogP contribution in [0.2, 0.25) is 18.1 Å². The van der Waals surface area contributed by atoms with Crippen LogP contribution in [0.4, 0.5) is 0 Å². The second-order valence-electron chi connectivity index (χ2n) is 4.98. The van der Waals surface area contributed by atoms with E-state index in [-0.39, 0.29) is 0 Å². The van der Waals surface area contributed by atoms with Crippen molar-refractivity contribution in [3.63, 3.8) is 0 Å². The van der Waals surface area contributed by atoms with Gasteiger partial charge in [-0.05, 0) is 18.1 Å². The predicted molar refractivity (Wildman–Crippen MR) is 60.1 cm³/mol. The van der Waals surface area contributed by atoms with E-state index in [1.54, 1.807) is 0 Å². The van der Waals surface area contributed by atoms with Gasteiger partial charge in [0, 0.05) is 0 Å². The Labute approximate surface area is 79.2 Å². The lowest BCUT2D eigenvalue weighted by Crippen LogP contribution is -2.54. The monoisotopic (exact) mass is 187 g/mol. The van der Waals surface area contributed by atoms with Crippen molar-refractivity contribution in [2.75, 3.05) is 13.1 Å². The van der Waals surface area contributed by atoms with Crippen molar-refractivity contribution in [2.24, 2.45) is 0 Å². The van der Waals surface area contributed by atoms with Crippen LogP contribution in [0.15, 0.2) is 0 Å². The summed E-state index contributed by atoms with van der Waals surface area (Å²) in [7, 11) is -1.20. The summed E-state index contributed by atoms with van der Waals surface area (Å²) in [6.45, 7) is 19.0. The Morgan fingerprint density at radius 3 is 1.42 bits per heavy atom. The zero-order chi connectivity index (χ0) is 9.99. The Morgan fingerprint density at radius 1 is 1.00 bits per heavy atom. The van der Waals surface area contributed by atoms with E-state index in [1.807, 2.05) is 0 Å². The molecule has 0 atom stereocenters. The molecule has 0 saturated carbocycles. The smallest absolute Gasteiger partial charge is 0.127 e. The van der Waals surface area contributed by atoms with Crippen LogP contribution >= 0.6 is 0 Å². The van der Waals surface area contributed by atoms with Crippen LogP contribution in [0.25, 0.3) is 0 Å². The van der Waals surface area contributed by atoms with E-state index >= 15 is 0 Å². The highest BCUT2D eigenvalue weighted by Crippen LogP contribution is 2.37. The van der Waals surface area contributed by atoms with Crippen molar-refractivity contribution in [3.05, 3.63) is 0 Å². The number of rotatable bonds is 3. The first-order chi connectivity index (χ1) is 5.27. The Bertz CT molecular complexity index is 131. The van der Waals surface area contributed by atoms with Crippen LogP contribution in [0.1, 0.15) is 34.6 Å². The minimum absolute atomic E-state index is 0.485. The van der Waals surface area contributed by atoms with Gasteiger partial charge in [0.15, 0.2) is 0 Å². The molecule has 12 heavy (non-hydrogen) atoms. The molecule has 74 valence electrons.